The molecule has 0 aliphatic heterocycles. The van der Waals surface area contributed by atoms with E-state index in [1.54, 1.807) is 18.3 Å². The molecule has 0 radical (unpaired) electrons. The Balaban J connectivity index is 1.73. The van der Waals surface area contributed by atoms with Gasteiger partial charge < -0.3 is 5.11 Å². The average molecular weight is 440 g/mol. The summed E-state index contributed by atoms with van der Waals surface area (Å²) in [6.07, 6.45) is 6.75. The molecule has 4 rings (SSSR count). The molecule has 0 saturated heterocycles. The van der Waals surface area contributed by atoms with Crippen molar-refractivity contribution < 1.29 is 14.7 Å². The lowest BCUT2D eigenvalue weighted by atomic mass is 9.81. The van der Waals surface area contributed by atoms with Crippen molar-refractivity contribution in [3.63, 3.8) is 0 Å². The van der Waals surface area contributed by atoms with Crippen molar-refractivity contribution >= 4 is 28.0 Å². The number of hydrogen-bond acceptors (Lipinski definition) is 4. The second-order valence-electron chi connectivity index (χ2n) is 9.38. The number of aliphatic hydroxyl groups is 1. The molecule has 0 unspecified atom stereocenters. The molecule has 2 fully saturated rings. The third-order valence-corrected chi connectivity index (χ3v) is 8.19. The molecule has 0 bridgehead atoms. The van der Waals surface area contributed by atoms with E-state index in [4.69, 9.17) is 0 Å². The highest BCUT2D eigenvalue weighted by Crippen LogP contribution is 2.42. The predicted molar refractivity (Wildman–Crippen MR) is 127 cm³/mol. The Labute approximate surface area is 189 Å². The number of benzene rings is 1. The largest absolute Gasteiger partial charge is 0.393 e. The van der Waals surface area contributed by atoms with E-state index >= 15 is 0 Å². The summed E-state index contributed by atoms with van der Waals surface area (Å²) in [5.41, 5.74) is 1.71. The molecule has 1 N–H and O–H groups in total. The number of nitrogens with zero attached hydrogens (tertiary/aromatic N) is 1. The van der Waals surface area contributed by atoms with Gasteiger partial charge in [-0.2, -0.15) is 0 Å². The Morgan fingerprint density at radius 1 is 0.968 bits per heavy atom. The molecule has 31 heavy (non-hydrogen) atoms. The molecule has 2 aromatic rings. The highest BCUT2D eigenvalue weighted by atomic mass is 32.1. The highest BCUT2D eigenvalue weighted by Gasteiger charge is 2.37. The Morgan fingerprint density at radius 2 is 1.61 bits per heavy atom. The number of rotatable bonds is 5. The zero-order valence-corrected chi connectivity index (χ0v) is 19.4. The van der Waals surface area contributed by atoms with Crippen LogP contribution in [0.2, 0.25) is 0 Å². The van der Waals surface area contributed by atoms with Gasteiger partial charge in [-0.25, -0.2) is 0 Å². The number of hydrogen-bond donors (Lipinski definition) is 1. The third-order valence-electron chi connectivity index (χ3n) is 7.00. The van der Waals surface area contributed by atoms with Crippen molar-refractivity contribution in [3.05, 3.63) is 42.0 Å². The van der Waals surface area contributed by atoms with Crippen LogP contribution in [0.1, 0.15) is 75.6 Å². The normalized spacial score (nSPS) is 26.4. The summed E-state index contributed by atoms with van der Waals surface area (Å²) in [5, 5.41) is 10.8. The van der Waals surface area contributed by atoms with E-state index in [0.29, 0.717) is 24.3 Å². The standard InChI is InChI=1S/C26H33NO3S/c1-17-8-10-20(11-9-17)25(30)27(21-12-14-22(29)15-13-21)26-23(18(2)28)16-24(31-26)19-6-4-3-5-7-19/h3-7,16-17,20-22,29H,8-15H2,1-2H3. The number of anilines is 1. The molecule has 1 aromatic carbocycles. The maximum atomic E-state index is 13.9. The van der Waals surface area contributed by atoms with Gasteiger partial charge in [-0.05, 0) is 75.8 Å². The third kappa shape index (κ3) is 4.93. The monoisotopic (exact) mass is 439 g/mol. The van der Waals surface area contributed by atoms with Gasteiger partial charge in [-0.3, -0.25) is 14.5 Å². The summed E-state index contributed by atoms with van der Waals surface area (Å²) in [5.74, 6) is 0.892. The van der Waals surface area contributed by atoms with E-state index in [2.05, 4.69) is 6.92 Å². The number of thiophene rings is 1. The minimum atomic E-state index is -0.278. The number of carbonyl (C=O) groups is 2. The molecule has 1 amide bonds. The number of ketones is 1. The van der Waals surface area contributed by atoms with Gasteiger partial charge in [0.2, 0.25) is 5.91 Å². The first kappa shape index (κ1) is 22.2. The number of amides is 1. The van der Waals surface area contributed by atoms with Crippen LogP contribution in [0.4, 0.5) is 5.00 Å². The van der Waals surface area contributed by atoms with E-state index in [1.165, 1.54) is 0 Å². The Bertz CT molecular complexity index is 906. The van der Waals surface area contributed by atoms with Crippen LogP contribution in [0, 0.1) is 11.8 Å². The number of aliphatic hydroxyl groups excluding tert-OH is 1. The van der Waals surface area contributed by atoms with Crippen LogP contribution in [0.3, 0.4) is 0 Å². The predicted octanol–water partition coefficient (Wildman–Crippen LogP) is 6.08. The Kier molecular flexibility index (Phi) is 6.92. The topological polar surface area (TPSA) is 57.6 Å². The molecule has 4 nitrogen and oxygen atoms in total. The zero-order valence-electron chi connectivity index (χ0n) is 18.5. The van der Waals surface area contributed by atoms with Crippen LogP contribution in [0.5, 0.6) is 0 Å². The lowest BCUT2D eigenvalue weighted by Gasteiger charge is -2.38. The summed E-state index contributed by atoms with van der Waals surface area (Å²) in [6.45, 7) is 3.86. The summed E-state index contributed by atoms with van der Waals surface area (Å²) >= 11 is 1.56. The van der Waals surface area contributed by atoms with Crippen molar-refractivity contribution in [1.82, 2.24) is 0 Å². The first-order valence-corrected chi connectivity index (χ1v) is 12.5. The summed E-state index contributed by atoms with van der Waals surface area (Å²) in [6, 6.07) is 12.1. The van der Waals surface area contributed by atoms with E-state index in [-0.39, 0.29) is 29.8 Å². The highest BCUT2D eigenvalue weighted by molar-refractivity contribution is 7.20. The van der Waals surface area contributed by atoms with Gasteiger partial charge in [0.15, 0.2) is 5.78 Å². The molecule has 0 atom stereocenters. The van der Waals surface area contributed by atoms with Gasteiger partial charge in [-0.1, -0.05) is 37.3 Å². The van der Waals surface area contributed by atoms with Crippen molar-refractivity contribution in [3.8, 4) is 10.4 Å². The fraction of sp³-hybridized carbons (Fsp3) is 0.538. The Hall–Kier alpha value is -1.98. The van der Waals surface area contributed by atoms with Crippen molar-refractivity contribution in [2.45, 2.75) is 77.4 Å². The van der Waals surface area contributed by atoms with Crippen LogP contribution in [-0.2, 0) is 4.79 Å². The first-order valence-electron chi connectivity index (χ1n) is 11.7. The van der Waals surface area contributed by atoms with Crippen LogP contribution in [-0.4, -0.2) is 28.9 Å². The zero-order chi connectivity index (χ0) is 22.0. The second-order valence-corrected chi connectivity index (χ2v) is 10.4. The van der Waals surface area contributed by atoms with Gasteiger partial charge in [0, 0.05) is 16.8 Å². The maximum absolute atomic E-state index is 13.9. The van der Waals surface area contributed by atoms with Crippen molar-refractivity contribution in [1.29, 1.82) is 0 Å². The van der Waals surface area contributed by atoms with Gasteiger partial charge >= 0.3 is 0 Å². The van der Waals surface area contributed by atoms with E-state index in [9.17, 15) is 14.7 Å². The molecule has 2 aliphatic rings. The first-order chi connectivity index (χ1) is 14.9. The fourth-order valence-electron chi connectivity index (χ4n) is 5.02. The van der Waals surface area contributed by atoms with Crippen LogP contribution in [0.15, 0.2) is 36.4 Å². The molecule has 166 valence electrons. The number of carbonyl (C=O) groups excluding carboxylic acids is 2. The van der Waals surface area contributed by atoms with Crippen LogP contribution < -0.4 is 4.90 Å². The van der Waals surface area contributed by atoms with E-state index in [0.717, 1.165) is 54.0 Å². The summed E-state index contributed by atoms with van der Waals surface area (Å²) < 4.78 is 0. The van der Waals surface area contributed by atoms with Gasteiger partial charge in [0.25, 0.3) is 0 Å². The van der Waals surface area contributed by atoms with Crippen LogP contribution >= 0.6 is 11.3 Å². The molecule has 0 spiro atoms. The van der Waals surface area contributed by atoms with Crippen molar-refractivity contribution in [2.24, 2.45) is 11.8 Å². The van der Waals surface area contributed by atoms with Crippen LogP contribution in [0.25, 0.3) is 10.4 Å². The molecule has 1 aromatic heterocycles. The van der Waals surface area contributed by atoms with Gasteiger partial charge in [0.05, 0.1) is 11.7 Å². The quantitative estimate of drug-likeness (QED) is 0.574. The maximum Gasteiger partial charge on any atom is 0.230 e. The average Bonchev–Trinajstić information content (AvgIpc) is 3.22. The molecule has 5 heteroatoms. The number of Topliss-reactive ketones (excluding diaryl/α,β-unsaturated/α-hetero) is 1. The molecular formula is C26H33NO3S. The lowest BCUT2D eigenvalue weighted by molar-refractivity contribution is -0.124. The molecular weight excluding hydrogens is 406 g/mol. The van der Waals surface area contributed by atoms with Gasteiger partial charge in [0.1, 0.15) is 5.00 Å². The van der Waals surface area contributed by atoms with E-state index < -0.39 is 0 Å². The molecule has 1 heterocycles. The van der Waals surface area contributed by atoms with Gasteiger partial charge in [-0.15, -0.1) is 11.3 Å². The summed E-state index contributed by atoms with van der Waals surface area (Å²) in [4.78, 5) is 29.5. The minimum absolute atomic E-state index is 0.000610. The Morgan fingerprint density at radius 3 is 2.23 bits per heavy atom. The smallest absolute Gasteiger partial charge is 0.230 e. The van der Waals surface area contributed by atoms with E-state index in [1.807, 2.05) is 41.3 Å². The fourth-order valence-corrected chi connectivity index (χ4v) is 6.31. The summed E-state index contributed by atoms with van der Waals surface area (Å²) in [7, 11) is 0. The lowest BCUT2D eigenvalue weighted by Crippen LogP contribution is -2.46. The molecule has 2 aliphatic carbocycles. The van der Waals surface area contributed by atoms with Crippen molar-refractivity contribution in [2.75, 3.05) is 4.90 Å². The SMILES string of the molecule is CC(=O)c1cc(-c2ccccc2)sc1N(C(=O)C1CCC(C)CC1)C1CCC(O)CC1. The second kappa shape index (κ2) is 9.66. The molecule has 2 saturated carbocycles. The minimum Gasteiger partial charge on any atom is -0.393 e.